The molecule has 2 aromatic carbocycles. The number of benzene rings is 2. The van der Waals surface area contributed by atoms with Gasteiger partial charge in [-0.2, -0.15) is 0 Å². The van der Waals surface area contributed by atoms with Crippen molar-refractivity contribution in [2.24, 2.45) is 0 Å². The van der Waals surface area contributed by atoms with Crippen molar-refractivity contribution >= 4 is 42.9 Å². The standard InChI is InChI=1S/C19H21Br2N3O/c1-2-9-25-19-13(10-14(20)11-15(19)21)12-22-8-7-18-23-16-5-3-4-6-17(16)24-18/h3-6,10-11,22H,2,7-9,12H2,1H3,(H,23,24). The molecule has 25 heavy (non-hydrogen) atoms. The summed E-state index contributed by atoms with van der Waals surface area (Å²) >= 11 is 7.15. The number of aromatic nitrogens is 2. The zero-order chi connectivity index (χ0) is 17.6. The molecule has 0 aliphatic carbocycles. The zero-order valence-electron chi connectivity index (χ0n) is 14.1. The zero-order valence-corrected chi connectivity index (χ0v) is 17.3. The van der Waals surface area contributed by atoms with Crippen LogP contribution in [0.1, 0.15) is 24.7 Å². The second-order valence-corrected chi connectivity index (χ2v) is 7.62. The number of imidazole rings is 1. The maximum Gasteiger partial charge on any atom is 0.138 e. The lowest BCUT2D eigenvalue weighted by Crippen LogP contribution is -2.18. The quantitative estimate of drug-likeness (QED) is 0.448. The van der Waals surface area contributed by atoms with E-state index in [0.717, 1.165) is 63.0 Å². The molecule has 1 heterocycles. The molecule has 0 saturated carbocycles. The van der Waals surface area contributed by atoms with Crippen LogP contribution in [-0.4, -0.2) is 23.1 Å². The van der Waals surface area contributed by atoms with Crippen LogP contribution >= 0.6 is 31.9 Å². The van der Waals surface area contributed by atoms with E-state index in [1.807, 2.05) is 24.3 Å². The predicted molar refractivity (Wildman–Crippen MR) is 109 cm³/mol. The first-order chi connectivity index (χ1) is 12.2. The van der Waals surface area contributed by atoms with Gasteiger partial charge in [-0.1, -0.05) is 35.0 Å². The van der Waals surface area contributed by atoms with Crippen LogP contribution in [0.15, 0.2) is 45.3 Å². The van der Waals surface area contributed by atoms with Gasteiger partial charge in [0.1, 0.15) is 11.6 Å². The summed E-state index contributed by atoms with van der Waals surface area (Å²) in [6, 6.07) is 12.2. The van der Waals surface area contributed by atoms with Crippen molar-refractivity contribution in [3.05, 3.63) is 56.7 Å². The number of H-pyrrole nitrogens is 1. The van der Waals surface area contributed by atoms with Gasteiger partial charge in [0.25, 0.3) is 0 Å². The first-order valence-electron chi connectivity index (χ1n) is 8.42. The summed E-state index contributed by atoms with van der Waals surface area (Å²) in [6.07, 6.45) is 1.84. The summed E-state index contributed by atoms with van der Waals surface area (Å²) in [5, 5.41) is 3.48. The second kappa shape index (κ2) is 8.83. The number of rotatable bonds is 8. The van der Waals surface area contributed by atoms with Gasteiger partial charge in [0.15, 0.2) is 0 Å². The monoisotopic (exact) mass is 465 g/mol. The molecule has 3 rings (SSSR count). The van der Waals surface area contributed by atoms with Crippen LogP contribution in [0.5, 0.6) is 5.75 Å². The highest BCUT2D eigenvalue weighted by molar-refractivity contribution is 9.11. The number of nitrogens with one attached hydrogen (secondary N) is 2. The van der Waals surface area contributed by atoms with Crippen LogP contribution in [0.4, 0.5) is 0 Å². The van der Waals surface area contributed by atoms with Crippen molar-refractivity contribution in [1.82, 2.24) is 15.3 Å². The molecule has 1 aromatic heterocycles. The molecule has 0 radical (unpaired) electrons. The highest BCUT2D eigenvalue weighted by Crippen LogP contribution is 2.33. The average molecular weight is 467 g/mol. The fraction of sp³-hybridized carbons (Fsp3) is 0.316. The highest BCUT2D eigenvalue weighted by Gasteiger charge is 2.10. The number of fused-ring (bicyclic) bond motifs is 1. The van der Waals surface area contributed by atoms with Crippen molar-refractivity contribution in [2.75, 3.05) is 13.2 Å². The van der Waals surface area contributed by atoms with Crippen molar-refractivity contribution in [3.63, 3.8) is 0 Å². The predicted octanol–water partition coefficient (Wildman–Crippen LogP) is 5.21. The molecule has 0 unspecified atom stereocenters. The van der Waals surface area contributed by atoms with Gasteiger partial charge in [0.05, 0.1) is 22.1 Å². The molecule has 6 heteroatoms. The number of hydrogen-bond acceptors (Lipinski definition) is 3. The highest BCUT2D eigenvalue weighted by atomic mass is 79.9. The van der Waals surface area contributed by atoms with Crippen LogP contribution in [0.3, 0.4) is 0 Å². The third-order valence-electron chi connectivity index (χ3n) is 3.83. The van der Waals surface area contributed by atoms with Crippen LogP contribution in [0.25, 0.3) is 11.0 Å². The molecule has 0 fully saturated rings. The topological polar surface area (TPSA) is 49.9 Å². The molecule has 0 aliphatic heterocycles. The number of aromatic amines is 1. The van der Waals surface area contributed by atoms with Gasteiger partial charge >= 0.3 is 0 Å². The van der Waals surface area contributed by atoms with E-state index in [0.29, 0.717) is 6.61 Å². The minimum Gasteiger partial charge on any atom is -0.492 e. The number of ether oxygens (including phenoxy) is 1. The third kappa shape index (κ3) is 4.84. The van der Waals surface area contributed by atoms with Crippen molar-refractivity contribution in [1.29, 1.82) is 0 Å². The molecule has 0 saturated heterocycles. The van der Waals surface area contributed by atoms with E-state index in [1.165, 1.54) is 0 Å². The Balaban J connectivity index is 1.59. The fourth-order valence-electron chi connectivity index (χ4n) is 2.66. The summed E-state index contributed by atoms with van der Waals surface area (Å²) in [5.74, 6) is 1.92. The first-order valence-corrected chi connectivity index (χ1v) is 10.0. The molecular weight excluding hydrogens is 446 g/mol. The lowest BCUT2D eigenvalue weighted by atomic mass is 10.2. The Hall–Kier alpha value is -1.37. The van der Waals surface area contributed by atoms with Crippen molar-refractivity contribution in [2.45, 2.75) is 26.3 Å². The van der Waals surface area contributed by atoms with E-state index in [1.54, 1.807) is 0 Å². The molecule has 0 aliphatic rings. The molecule has 0 bridgehead atoms. The van der Waals surface area contributed by atoms with E-state index in [4.69, 9.17) is 4.74 Å². The molecule has 132 valence electrons. The lowest BCUT2D eigenvalue weighted by molar-refractivity contribution is 0.311. The molecule has 0 amide bonds. The minimum absolute atomic E-state index is 0.715. The van der Waals surface area contributed by atoms with Gasteiger partial charge in [-0.3, -0.25) is 0 Å². The normalized spacial score (nSPS) is 11.2. The number of halogens is 2. The van der Waals surface area contributed by atoms with Crippen LogP contribution in [0.2, 0.25) is 0 Å². The summed E-state index contributed by atoms with van der Waals surface area (Å²) in [5.41, 5.74) is 3.24. The second-order valence-electron chi connectivity index (χ2n) is 5.85. The van der Waals surface area contributed by atoms with E-state index < -0.39 is 0 Å². The molecule has 4 nitrogen and oxygen atoms in total. The summed E-state index contributed by atoms with van der Waals surface area (Å²) in [7, 11) is 0. The number of para-hydroxylation sites is 2. The molecule has 0 spiro atoms. The summed E-state index contributed by atoms with van der Waals surface area (Å²) < 4.78 is 7.92. The van der Waals surface area contributed by atoms with Crippen LogP contribution < -0.4 is 10.1 Å². The Morgan fingerprint density at radius 2 is 2.04 bits per heavy atom. The largest absolute Gasteiger partial charge is 0.492 e. The Kier molecular flexibility index (Phi) is 6.51. The maximum absolute atomic E-state index is 5.90. The smallest absolute Gasteiger partial charge is 0.138 e. The first kappa shape index (κ1) is 18.4. The Morgan fingerprint density at radius 3 is 2.84 bits per heavy atom. The number of nitrogens with zero attached hydrogens (tertiary/aromatic N) is 1. The van der Waals surface area contributed by atoms with E-state index in [9.17, 15) is 0 Å². The van der Waals surface area contributed by atoms with Gasteiger partial charge in [0.2, 0.25) is 0 Å². The summed E-state index contributed by atoms with van der Waals surface area (Å²) in [4.78, 5) is 7.97. The van der Waals surface area contributed by atoms with Crippen molar-refractivity contribution < 1.29 is 4.74 Å². The summed E-state index contributed by atoms with van der Waals surface area (Å²) in [6.45, 7) is 4.42. The van der Waals surface area contributed by atoms with Gasteiger partial charge in [-0.15, -0.1) is 0 Å². The fourth-order valence-corrected chi connectivity index (χ4v) is 4.09. The molecule has 0 atom stereocenters. The lowest BCUT2D eigenvalue weighted by Gasteiger charge is -2.14. The third-order valence-corrected chi connectivity index (χ3v) is 4.88. The molecular formula is C19H21Br2N3O. The Morgan fingerprint density at radius 1 is 1.20 bits per heavy atom. The molecule has 2 N–H and O–H groups in total. The van der Waals surface area contributed by atoms with Crippen molar-refractivity contribution in [3.8, 4) is 5.75 Å². The van der Waals surface area contributed by atoms with Gasteiger partial charge in [-0.25, -0.2) is 4.98 Å². The SMILES string of the molecule is CCCOc1c(Br)cc(Br)cc1CNCCc1nc2ccccc2[nH]1. The van der Waals surface area contributed by atoms with Gasteiger partial charge in [-0.05, 0) is 46.6 Å². The minimum atomic E-state index is 0.715. The molecule has 3 aromatic rings. The van der Waals surface area contributed by atoms with E-state index in [2.05, 4.69) is 66.2 Å². The average Bonchev–Trinajstić information content (AvgIpc) is 3.00. The Bertz CT molecular complexity index is 815. The van der Waals surface area contributed by atoms with Gasteiger partial charge in [0, 0.05) is 29.5 Å². The number of hydrogen-bond donors (Lipinski definition) is 2. The van der Waals surface area contributed by atoms with Crippen LogP contribution in [-0.2, 0) is 13.0 Å². The van der Waals surface area contributed by atoms with Gasteiger partial charge < -0.3 is 15.0 Å². The Labute approximate surface area is 164 Å². The van der Waals surface area contributed by atoms with Crippen LogP contribution in [0, 0.1) is 0 Å². The maximum atomic E-state index is 5.90. The van der Waals surface area contributed by atoms with E-state index in [-0.39, 0.29) is 0 Å². The van der Waals surface area contributed by atoms with E-state index >= 15 is 0 Å².